The fraction of sp³-hybridized carbons (Fsp3) is 0.462. The quantitative estimate of drug-likeness (QED) is 0.840. The van der Waals surface area contributed by atoms with Crippen molar-refractivity contribution >= 4 is 23.4 Å². The van der Waals surface area contributed by atoms with Crippen LogP contribution >= 0.6 is 11.8 Å². The molecule has 0 saturated heterocycles. The zero-order valence-electron chi connectivity index (χ0n) is 10.6. The number of anilines is 1. The average molecular weight is 286 g/mol. The number of hydrogen-bond acceptors (Lipinski definition) is 3. The number of benzene rings is 1. The summed E-state index contributed by atoms with van der Waals surface area (Å²) in [6.45, 7) is 0. The molecule has 1 amide bonds. The molecule has 19 heavy (non-hydrogen) atoms. The second-order valence-electron chi connectivity index (χ2n) is 4.64. The zero-order chi connectivity index (χ0) is 14.0. The molecule has 1 aliphatic rings. The lowest BCUT2D eigenvalue weighted by Gasteiger charge is -2.19. The van der Waals surface area contributed by atoms with Gasteiger partial charge in [0, 0.05) is 16.9 Å². The second kappa shape index (κ2) is 5.77. The molecule has 0 radical (unpaired) electrons. The van der Waals surface area contributed by atoms with E-state index in [2.05, 4.69) is 5.32 Å². The van der Waals surface area contributed by atoms with Crippen molar-refractivity contribution in [3.8, 4) is 0 Å². The molecule has 6 heteroatoms. The zero-order valence-corrected chi connectivity index (χ0v) is 11.4. The molecule has 1 saturated carbocycles. The summed E-state index contributed by atoms with van der Waals surface area (Å²) in [6, 6.07) is 2.00. The Balaban J connectivity index is 2.12. The van der Waals surface area contributed by atoms with Crippen LogP contribution < -0.4 is 11.1 Å². The fourth-order valence-corrected chi connectivity index (χ4v) is 3.28. The van der Waals surface area contributed by atoms with Crippen LogP contribution in [0.4, 0.5) is 14.5 Å². The van der Waals surface area contributed by atoms with Crippen LogP contribution in [0.3, 0.4) is 0 Å². The van der Waals surface area contributed by atoms with Crippen LogP contribution in [0.2, 0.25) is 0 Å². The smallest absolute Gasteiger partial charge is 0.251 e. The lowest BCUT2D eigenvalue weighted by molar-refractivity contribution is 0.0938. The van der Waals surface area contributed by atoms with Gasteiger partial charge < -0.3 is 11.1 Å². The minimum atomic E-state index is -0.905. The van der Waals surface area contributed by atoms with Gasteiger partial charge in [0.2, 0.25) is 0 Å². The van der Waals surface area contributed by atoms with Crippen LogP contribution in [0.5, 0.6) is 0 Å². The Labute approximate surface area is 114 Å². The maximum absolute atomic E-state index is 13.3. The van der Waals surface area contributed by atoms with E-state index in [9.17, 15) is 13.6 Å². The summed E-state index contributed by atoms with van der Waals surface area (Å²) >= 11 is 1.70. The second-order valence-corrected chi connectivity index (χ2v) is 5.72. The summed E-state index contributed by atoms with van der Waals surface area (Å²) in [6.07, 6.45) is 5.01. The number of carbonyl (C=O) groups is 1. The van der Waals surface area contributed by atoms with Crippen LogP contribution in [0.15, 0.2) is 12.1 Å². The van der Waals surface area contributed by atoms with E-state index in [-0.39, 0.29) is 11.6 Å². The molecule has 0 aromatic heterocycles. The van der Waals surface area contributed by atoms with E-state index in [0.717, 1.165) is 31.4 Å². The number of nitrogens with two attached hydrogens (primary N) is 1. The Hall–Kier alpha value is -1.30. The number of amides is 1. The largest absolute Gasteiger partial charge is 0.394 e. The molecule has 1 fully saturated rings. The van der Waals surface area contributed by atoms with Crippen molar-refractivity contribution in [3.05, 3.63) is 29.3 Å². The first-order chi connectivity index (χ1) is 9.02. The molecular weight excluding hydrogens is 270 g/mol. The molecule has 3 N–H and O–H groups in total. The minimum Gasteiger partial charge on any atom is -0.394 e. The molecule has 2 atom stereocenters. The van der Waals surface area contributed by atoms with Crippen LogP contribution in [0.1, 0.15) is 29.6 Å². The van der Waals surface area contributed by atoms with Crippen LogP contribution in [-0.2, 0) is 0 Å². The number of carbonyl (C=O) groups excluding carboxylic acids is 1. The van der Waals surface area contributed by atoms with Crippen molar-refractivity contribution in [2.45, 2.75) is 30.6 Å². The number of nitrogens with one attached hydrogen (secondary N) is 1. The first kappa shape index (κ1) is 14.1. The maximum atomic E-state index is 13.3. The molecule has 0 spiro atoms. The molecule has 2 rings (SSSR count). The molecule has 0 bridgehead atoms. The van der Waals surface area contributed by atoms with Gasteiger partial charge in [-0.3, -0.25) is 4.79 Å². The van der Waals surface area contributed by atoms with Gasteiger partial charge in [0.1, 0.15) is 17.3 Å². The van der Waals surface area contributed by atoms with E-state index in [1.54, 1.807) is 11.8 Å². The molecule has 0 aliphatic heterocycles. The molecule has 1 aliphatic carbocycles. The molecule has 1 aromatic rings. The van der Waals surface area contributed by atoms with Gasteiger partial charge in [-0.2, -0.15) is 11.8 Å². The van der Waals surface area contributed by atoms with Gasteiger partial charge in [-0.1, -0.05) is 6.42 Å². The molecule has 2 unspecified atom stereocenters. The topological polar surface area (TPSA) is 55.1 Å². The lowest BCUT2D eigenvalue weighted by atomic mass is 10.1. The van der Waals surface area contributed by atoms with Gasteiger partial charge in [0.05, 0.1) is 0 Å². The van der Waals surface area contributed by atoms with Crippen LogP contribution in [-0.4, -0.2) is 23.5 Å². The van der Waals surface area contributed by atoms with Gasteiger partial charge in [0.25, 0.3) is 5.91 Å². The first-order valence-electron chi connectivity index (χ1n) is 6.11. The van der Waals surface area contributed by atoms with Gasteiger partial charge >= 0.3 is 0 Å². The Morgan fingerprint density at radius 3 is 2.58 bits per heavy atom. The van der Waals surface area contributed by atoms with Crippen molar-refractivity contribution in [1.29, 1.82) is 0 Å². The van der Waals surface area contributed by atoms with Gasteiger partial charge in [-0.05, 0) is 31.2 Å². The Morgan fingerprint density at radius 1 is 1.37 bits per heavy atom. The highest BCUT2D eigenvalue weighted by molar-refractivity contribution is 7.99. The molecule has 0 heterocycles. The number of nitrogen functional groups attached to an aromatic ring is 1. The SMILES string of the molecule is CSC1CCCC1NC(=O)c1cc(F)c(N)c(F)c1. The highest BCUT2D eigenvalue weighted by Gasteiger charge is 2.28. The van der Waals surface area contributed by atoms with E-state index in [1.807, 2.05) is 6.26 Å². The van der Waals surface area contributed by atoms with E-state index in [4.69, 9.17) is 5.73 Å². The highest BCUT2D eigenvalue weighted by atomic mass is 32.2. The van der Waals surface area contributed by atoms with E-state index < -0.39 is 23.2 Å². The summed E-state index contributed by atoms with van der Waals surface area (Å²) in [5, 5.41) is 3.20. The highest BCUT2D eigenvalue weighted by Crippen LogP contribution is 2.28. The van der Waals surface area contributed by atoms with Crippen molar-refractivity contribution in [2.75, 3.05) is 12.0 Å². The summed E-state index contributed by atoms with van der Waals surface area (Å²) in [7, 11) is 0. The predicted octanol–water partition coefficient (Wildman–Crippen LogP) is 2.56. The monoisotopic (exact) mass is 286 g/mol. The molecule has 3 nitrogen and oxygen atoms in total. The normalized spacial score (nSPS) is 22.5. The summed E-state index contributed by atoms with van der Waals surface area (Å²) < 4.78 is 26.6. The van der Waals surface area contributed by atoms with Crippen molar-refractivity contribution in [1.82, 2.24) is 5.32 Å². The van der Waals surface area contributed by atoms with Crippen LogP contribution in [0, 0.1) is 11.6 Å². The standard InChI is InChI=1S/C13H16F2N2OS/c1-19-11-4-2-3-10(11)17-13(18)7-5-8(14)12(16)9(15)6-7/h5-6,10-11H,2-4,16H2,1H3,(H,17,18). The summed E-state index contributed by atoms with van der Waals surface area (Å²) in [5.41, 5.74) is 4.59. The third-order valence-corrected chi connectivity index (χ3v) is 4.58. The van der Waals surface area contributed by atoms with Crippen LogP contribution in [0.25, 0.3) is 0 Å². The van der Waals surface area contributed by atoms with Gasteiger partial charge in [-0.15, -0.1) is 0 Å². The minimum absolute atomic E-state index is 0.0315. The average Bonchev–Trinajstić information content (AvgIpc) is 2.82. The maximum Gasteiger partial charge on any atom is 0.251 e. The summed E-state index contributed by atoms with van der Waals surface area (Å²) in [5.74, 6) is -2.26. The van der Waals surface area contributed by atoms with E-state index in [0.29, 0.717) is 5.25 Å². The molecular formula is C13H16F2N2OS. The third-order valence-electron chi connectivity index (χ3n) is 3.41. The Kier molecular flexibility index (Phi) is 4.29. The predicted molar refractivity (Wildman–Crippen MR) is 73.2 cm³/mol. The van der Waals surface area contributed by atoms with Crippen molar-refractivity contribution in [2.24, 2.45) is 0 Å². The third kappa shape index (κ3) is 3.00. The van der Waals surface area contributed by atoms with E-state index >= 15 is 0 Å². The fourth-order valence-electron chi connectivity index (χ4n) is 2.34. The first-order valence-corrected chi connectivity index (χ1v) is 7.40. The molecule has 1 aromatic carbocycles. The van der Waals surface area contributed by atoms with Gasteiger partial charge in [-0.25, -0.2) is 8.78 Å². The van der Waals surface area contributed by atoms with Crippen molar-refractivity contribution < 1.29 is 13.6 Å². The number of rotatable bonds is 3. The van der Waals surface area contributed by atoms with E-state index in [1.165, 1.54) is 0 Å². The van der Waals surface area contributed by atoms with Crippen molar-refractivity contribution in [3.63, 3.8) is 0 Å². The number of thioether (sulfide) groups is 1. The summed E-state index contributed by atoms with van der Waals surface area (Å²) in [4.78, 5) is 12.0. The lowest BCUT2D eigenvalue weighted by Crippen LogP contribution is -2.38. The molecule has 104 valence electrons. The Morgan fingerprint density at radius 2 is 2.00 bits per heavy atom. The number of halogens is 2. The Bertz CT molecular complexity index is 473. The number of hydrogen-bond donors (Lipinski definition) is 2. The van der Waals surface area contributed by atoms with Gasteiger partial charge in [0.15, 0.2) is 0 Å².